The van der Waals surface area contributed by atoms with Gasteiger partial charge in [0, 0.05) is 15.9 Å². The Morgan fingerprint density at radius 2 is 1.69 bits per heavy atom. The Bertz CT molecular complexity index is 285. The van der Waals surface area contributed by atoms with Crippen LogP contribution in [0.3, 0.4) is 0 Å². The molecule has 0 aliphatic heterocycles. The third-order valence-electron chi connectivity index (χ3n) is 1.64. The van der Waals surface area contributed by atoms with Crippen LogP contribution in [-0.4, -0.2) is 5.88 Å². The van der Waals surface area contributed by atoms with Gasteiger partial charge in [0.2, 0.25) is 0 Å². The molecule has 70 valence electrons. The highest BCUT2D eigenvalue weighted by atomic mass is 35.5. The molecule has 1 aromatic carbocycles. The fourth-order valence-electron chi connectivity index (χ4n) is 0.992. The van der Waals surface area contributed by atoms with E-state index >= 15 is 0 Å². The molecule has 0 radical (unpaired) electrons. The van der Waals surface area contributed by atoms with Crippen molar-refractivity contribution in [2.24, 2.45) is 0 Å². The van der Waals surface area contributed by atoms with Crippen molar-refractivity contribution in [1.29, 1.82) is 0 Å². The molecule has 0 saturated heterocycles. The maximum atomic E-state index is 5.96. The second-order valence-corrected chi connectivity index (χ2v) is 3.65. The maximum absolute atomic E-state index is 5.96. The molecule has 13 heavy (non-hydrogen) atoms. The minimum absolute atomic E-state index is 0.516. The zero-order valence-electron chi connectivity index (χ0n) is 6.93. The van der Waals surface area contributed by atoms with Gasteiger partial charge in [-0.1, -0.05) is 41.4 Å². The summed E-state index contributed by atoms with van der Waals surface area (Å²) in [7, 11) is 0. The highest BCUT2D eigenvalue weighted by Gasteiger charge is 2.01. The largest absolute Gasteiger partial charge is 0.122 e. The smallest absolute Gasteiger partial charge is 0.0456 e. The van der Waals surface area contributed by atoms with Gasteiger partial charge in [-0.2, -0.15) is 0 Å². The highest BCUT2D eigenvalue weighted by Crippen LogP contribution is 2.24. The molecule has 0 aromatic heterocycles. The number of benzene rings is 1. The van der Waals surface area contributed by atoms with Crippen molar-refractivity contribution in [3.63, 3.8) is 0 Å². The van der Waals surface area contributed by atoms with Crippen LogP contribution in [0.5, 0.6) is 0 Å². The molecule has 0 saturated carbocycles. The minimum Gasteiger partial charge on any atom is -0.122 e. The molecule has 0 atom stereocenters. The molecule has 0 bridgehead atoms. The van der Waals surface area contributed by atoms with Gasteiger partial charge in [-0.3, -0.25) is 0 Å². The van der Waals surface area contributed by atoms with Crippen molar-refractivity contribution in [2.45, 2.75) is 6.42 Å². The molecule has 3 heteroatoms. The average Bonchev–Trinajstić information content (AvgIpc) is 2.10. The van der Waals surface area contributed by atoms with Crippen LogP contribution in [0.2, 0.25) is 10.0 Å². The van der Waals surface area contributed by atoms with E-state index < -0.39 is 0 Å². The second-order valence-electron chi connectivity index (χ2n) is 2.53. The van der Waals surface area contributed by atoms with Crippen LogP contribution in [0, 0.1) is 0 Å². The number of rotatable bonds is 3. The van der Waals surface area contributed by atoms with Gasteiger partial charge >= 0.3 is 0 Å². The molecule has 0 fully saturated rings. The van der Waals surface area contributed by atoms with Crippen LogP contribution in [0.4, 0.5) is 0 Å². The van der Waals surface area contributed by atoms with Gasteiger partial charge in [-0.25, -0.2) is 0 Å². The predicted molar refractivity (Wildman–Crippen MR) is 60.0 cm³/mol. The fraction of sp³-hybridized carbons (Fsp3) is 0.200. The van der Waals surface area contributed by atoms with Gasteiger partial charge in [0.15, 0.2) is 0 Å². The van der Waals surface area contributed by atoms with Crippen LogP contribution in [0.25, 0.3) is 0 Å². The first-order chi connectivity index (χ1) is 6.25. The van der Waals surface area contributed by atoms with Crippen molar-refractivity contribution in [3.8, 4) is 0 Å². The van der Waals surface area contributed by atoms with E-state index in [1.54, 1.807) is 0 Å². The topological polar surface area (TPSA) is 0 Å². The molecular formula is C10H9Cl3. The van der Waals surface area contributed by atoms with Crippen molar-refractivity contribution in [1.82, 2.24) is 0 Å². The van der Waals surface area contributed by atoms with Crippen molar-refractivity contribution < 1.29 is 0 Å². The molecule has 0 N–H and O–H groups in total. The van der Waals surface area contributed by atoms with E-state index in [-0.39, 0.29) is 0 Å². The van der Waals surface area contributed by atoms with Crippen LogP contribution < -0.4 is 0 Å². The van der Waals surface area contributed by atoms with Crippen LogP contribution >= 0.6 is 34.8 Å². The Morgan fingerprint density at radius 1 is 1.08 bits per heavy atom. The van der Waals surface area contributed by atoms with Crippen LogP contribution in [0.1, 0.15) is 5.56 Å². The fourth-order valence-corrected chi connectivity index (χ4v) is 1.67. The van der Waals surface area contributed by atoms with Gasteiger partial charge < -0.3 is 0 Å². The summed E-state index contributed by atoms with van der Waals surface area (Å²) >= 11 is 17.4. The van der Waals surface area contributed by atoms with E-state index in [4.69, 9.17) is 34.8 Å². The van der Waals surface area contributed by atoms with Crippen molar-refractivity contribution >= 4 is 34.8 Å². The first-order valence-corrected chi connectivity index (χ1v) is 5.18. The summed E-state index contributed by atoms with van der Waals surface area (Å²) in [6.45, 7) is 0. The molecular weight excluding hydrogens is 226 g/mol. The Hall–Kier alpha value is -0.170. The van der Waals surface area contributed by atoms with Crippen molar-refractivity contribution in [2.75, 3.05) is 5.88 Å². The summed E-state index contributed by atoms with van der Waals surface area (Å²) in [4.78, 5) is 0. The van der Waals surface area contributed by atoms with Crippen LogP contribution in [-0.2, 0) is 6.42 Å². The zero-order valence-corrected chi connectivity index (χ0v) is 9.20. The zero-order chi connectivity index (χ0) is 9.68. The van der Waals surface area contributed by atoms with E-state index in [1.807, 2.05) is 30.4 Å². The SMILES string of the molecule is ClC/C=C/Cc1c(Cl)cccc1Cl. The number of allylic oxidation sites excluding steroid dienone is 2. The summed E-state index contributed by atoms with van der Waals surface area (Å²) in [5.74, 6) is 0.516. The monoisotopic (exact) mass is 234 g/mol. The Labute approximate surface area is 93.1 Å². The Morgan fingerprint density at radius 3 is 2.23 bits per heavy atom. The first kappa shape index (κ1) is 10.9. The van der Waals surface area contributed by atoms with Crippen molar-refractivity contribution in [3.05, 3.63) is 46.0 Å². The lowest BCUT2D eigenvalue weighted by atomic mass is 10.1. The predicted octanol–water partition coefficient (Wildman–Crippen LogP) is 4.33. The third kappa shape index (κ3) is 3.22. The molecule has 0 nitrogen and oxygen atoms in total. The van der Waals surface area contributed by atoms with Gasteiger partial charge in [0.1, 0.15) is 0 Å². The van der Waals surface area contributed by atoms with E-state index in [2.05, 4.69) is 0 Å². The standard InChI is InChI=1S/C10H9Cl3/c11-7-2-1-4-8-9(12)5-3-6-10(8)13/h1-3,5-6H,4,7H2/b2-1+. The lowest BCUT2D eigenvalue weighted by Crippen LogP contribution is -1.84. The second kappa shape index (κ2) is 5.54. The summed E-state index contributed by atoms with van der Waals surface area (Å²) in [6.07, 6.45) is 4.56. The molecule has 1 aromatic rings. The maximum Gasteiger partial charge on any atom is 0.0456 e. The number of halogens is 3. The highest BCUT2D eigenvalue weighted by molar-refractivity contribution is 6.36. The van der Waals surface area contributed by atoms with E-state index in [0.717, 1.165) is 12.0 Å². The van der Waals surface area contributed by atoms with Gasteiger partial charge in [0.25, 0.3) is 0 Å². The summed E-state index contributed by atoms with van der Waals surface area (Å²) < 4.78 is 0. The number of hydrogen-bond donors (Lipinski definition) is 0. The van der Waals surface area contributed by atoms with Crippen LogP contribution in [0.15, 0.2) is 30.4 Å². The molecule has 0 amide bonds. The molecule has 1 rings (SSSR count). The summed E-state index contributed by atoms with van der Waals surface area (Å²) in [5.41, 5.74) is 0.951. The lowest BCUT2D eigenvalue weighted by molar-refractivity contribution is 1.26. The third-order valence-corrected chi connectivity index (χ3v) is 2.53. The minimum atomic E-state index is 0.516. The first-order valence-electron chi connectivity index (χ1n) is 3.89. The summed E-state index contributed by atoms with van der Waals surface area (Å²) in [6, 6.07) is 5.49. The van der Waals surface area contributed by atoms with E-state index in [0.29, 0.717) is 15.9 Å². The van der Waals surface area contributed by atoms with E-state index in [9.17, 15) is 0 Å². The number of alkyl halides is 1. The summed E-state index contributed by atoms with van der Waals surface area (Å²) in [5, 5.41) is 1.40. The number of hydrogen-bond acceptors (Lipinski definition) is 0. The molecule has 0 unspecified atom stereocenters. The molecule has 0 spiro atoms. The van der Waals surface area contributed by atoms with Gasteiger partial charge in [-0.05, 0) is 24.1 Å². The normalized spacial score (nSPS) is 11.0. The van der Waals surface area contributed by atoms with E-state index in [1.165, 1.54) is 0 Å². The molecule has 0 heterocycles. The molecule has 0 aliphatic rings. The average molecular weight is 236 g/mol. The quantitative estimate of drug-likeness (QED) is 0.540. The lowest BCUT2D eigenvalue weighted by Gasteiger charge is -2.02. The van der Waals surface area contributed by atoms with Gasteiger partial charge in [-0.15, -0.1) is 11.6 Å². The Balaban J connectivity index is 2.81. The Kier molecular flexibility index (Phi) is 4.65. The molecule has 0 aliphatic carbocycles. The van der Waals surface area contributed by atoms with Gasteiger partial charge in [0.05, 0.1) is 0 Å².